The minimum atomic E-state index is -4.40. The molecule has 15 rings (SSSR count). The number of halogens is 9. The van der Waals surface area contributed by atoms with Crippen molar-refractivity contribution in [3.8, 4) is 17.2 Å². The first-order valence-electron chi connectivity index (χ1n) is 31.5. The Bertz CT molecular complexity index is 4070. The van der Waals surface area contributed by atoms with E-state index in [-0.39, 0.29) is 71.7 Å². The summed E-state index contributed by atoms with van der Waals surface area (Å²) in [5.74, 6) is 0.430. The fraction of sp³-hybridized carbons (Fsp3) is 0.409. The van der Waals surface area contributed by atoms with Crippen LogP contribution in [0.15, 0.2) is 129 Å². The molecule has 3 amide bonds. The van der Waals surface area contributed by atoms with Crippen molar-refractivity contribution < 1.29 is 53.9 Å². The molecule has 6 fully saturated rings. The van der Waals surface area contributed by atoms with Gasteiger partial charge in [-0.2, -0.15) is 70.1 Å². The van der Waals surface area contributed by atoms with Crippen LogP contribution in [0.2, 0.25) is 0 Å². The third-order valence-corrected chi connectivity index (χ3v) is 19.1. The summed E-state index contributed by atoms with van der Waals surface area (Å²) in [5.41, 5.74) is 4.06. The van der Waals surface area contributed by atoms with Crippen LogP contribution in [0.1, 0.15) is 140 Å². The van der Waals surface area contributed by atoms with E-state index >= 15 is 0 Å². The van der Waals surface area contributed by atoms with Gasteiger partial charge in [0.15, 0.2) is 17.2 Å². The second-order valence-electron chi connectivity index (χ2n) is 25.2. The second-order valence-corrected chi connectivity index (χ2v) is 25.2. The number of fused-ring (bicyclic) bond motifs is 6. The van der Waals surface area contributed by atoms with E-state index in [9.17, 15) is 53.9 Å². The van der Waals surface area contributed by atoms with E-state index < -0.39 is 35.2 Å². The fourth-order valence-corrected chi connectivity index (χ4v) is 14.9. The molecule has 0 aromatic carbocycles. The van der Waals surface area contributed by atoms with Crippen LogP contribution in [0.3, 0.4) is 0 Å². The van der Waals surface area contributed by atoms with Crippen LogP contribution < -0.4 is 0 Å². The van der Waals surface area contributed by atoms with Crippen LogP contribution in [0, 0.1) is 38.5 Å². The minimum Gasteiger partial charge on any atom is -0.332 e. The topological polar surface area (TPSA) is 230 Å². The number of alkyl halides is 9. The highest BCUT2D eigenvalue weighted by atomic mass is 19.4. The molecule has 96 heavy (non-hydrogen) atoms. The summed E-state index contributed by atoms with van der Waals surface area (Å²) < 4.78 is 115. The maximum Gasteiger partial charge on any atom is 0.417 e. The van der Waals surface area contributed by atoms with Crippen LogP contribution in [-0.2, 0) is 37.8 Å². The van der Waals surface area contributed by atoms with Gasteiger partial charge in [-0.3, -0.25) is 29.3 Å². The van der Waals surface area contributed by atoms with Crippen LogP contribution >= 0.6 is 0 Å². The summed E-state index contributed by atoms with van der Waals surface area (Å²) in [6.07, 6.45) is 9.73. The number of hydrogen-bond acceptors (Lipinski definition) is 15. The molecule has 9 unspecified atom stereocenters. The molecule has 9 aromatic rings. The smallest absolute Gasteiger partial charge is 0.332 e. The molecule has 498 valence electrons. The molecular weight excluding hydrogens is 1260 g/mol. The Kier molecular flexibility index (Phi) is 17.6. The van der Waals surface area contributed by atoms with Crippen molar-refractivity contribution in [2.45, 2.75) is 153 Å². The lowest BCUT2D eigenvalue weighted by atomic mass is 9.86. The number of pyridine rings is 6. The maximum absolute atomic E-state index is 13.6. The third-order valence-electron chi connectivity index (χ3n) is 19.1. The van der Waals surface area contributed by atoms with E-state index in [1.807, 2.05) is 47.6 Å². The predicted molar refractivity (Wildman–Crippen MR) is 324 cm³/mol. The van der Waals surface area contributed by atoms with Gasteiger partial charge in [0.25, 0.3) is 17.7 Å². The summed E-state index contributed by atoms with van der Waals surface area (Å²) >= 11 is 0. The minimum absolute atomic E-state index is 0.0114. The summed E-state index contributed by atoms with van der Waals surface area (Å²) in [4.78, 5) is 76.0. The van der Waals surface area contributed by atoms with Gasteiger partial charge in [0.1, 0.15) is 11.4 Å². The van der Waals surface area contributed by atoms with Gasteiger partial charge in [-0.15, -0.1) is 14.4 Å². The van der Waals surface area contributed by atoms with E-state index in [0.29, 0.717) is 70.5 Å². The first-order chi connectivity index (χ1) is 45.9. The summed E-state index contributed by atoms with van der Waals surface area (Å²) in [5, 5.41) is 24.8. The number of amides is 3. The number of aryl methyl sites for hydroxylation is 3. The Morgan fingerprint density at radius 1 is 0.417 bits per heavy atom. The molecule has 0 radical (unpaired) electrons. The van der Waals surface area contributed by atoms with Crippen LogP contribution in [0.5, 0.6) is 0 Å². The van der Waals surface area contributed by atoms with E-state index in [2.05, 4.69) is 60.5 Å². The highest BCUT2D eigenvalue weighted by Gasteiger charge is 2.52. The lowest BCUT2D eigenvalue weighted by molar-refractivity contribution is -0.138. The van der Waals surface area contributed by atoms with Crippen molar-refractivity contribution in [2.24, 2.45) is 17.8 Å². The molecule has 6 bridgehead atoms. The molecule has 30 heteroatoms. The molecule has 21 nitrogen and oxygen atoms in total. The van der Waals surface area contributed by atoms with E-state index in [4.69, 9.17) is 0 Å². The number of aromatic nitrogens is 15. The molecule has 9 aromatic heterocycles. The van der Waals surface area contributed by atoms with Gasteiger partial charge in [-0.05, 0) is 188 Å². The van der Waals surface area contributed by atoms with Crippen molar-refractivity contribution in [3.05, 3.63) is 196 Å². The highest BCUT2D eigenvalue weighted by Crippen LogP contribution is 2.47. The summed E-state index contributed by atoms with van der Waals surface area (Å²) in [7, 11) is 0. The van der Waals surface area contributed by atoms with Gasteiger partial charge in [0, 0.05) is 89.5 Å². The van der Waals surface area contributed by atoms with Crippen molar-refractivity contribution in [2.75, 3.05) is 0 Å². The zero-order valence-corrected chi connectivity index (χ0v) is 52.0. The third kappa shape index (κ3) is 13.3. The lowest BCUT2D eigenvalue weighted by Crippen LogP contribution is -2.38. The molecule has 0 aliphatic carbocycles. The first-order valence-corrected chi connectivity index (χ1v) is 31.5. The lowest BCUT2D eigenvalue weighted by Gasteiger charge is -2.25. The molecule has 15 heterocycles. The number of carbonyl (C=O) groups excluding carboxylic acids is 3. The summed E-state index contributed by atoms with van der Waals surface area (Å²) in [6, 6.07) is 16.8. The molecule has 6 aliphatic rings. The quantitative estimate of drug-likeness (QED) is 0.104. The highest BCUT2D eigenvalue weighted by molar-refractivity contribution is 5.98. The molecule has 6 aliphatic heterocycles. The zero-order chi connectivity index (χ0) is 67.4. The monoisotopic (exact) mass is 1330 g/mol. The molecular formula is C66H63F9N18O3. The molecule has 0 N–H and O–H groups in total. The standard InChI is InChI=1S/3C22H21F3N6O/c1-13-2-6-19(31-27-8-9-28-31)20(29-13)21(32)30-17-5-7-18(30)14(11-17)10-16-4-3-15(12-26-16)22(23,24)25;1-13-2-6-18(20(29-13)31-27-8-9-28-31)21(32)30-17-5-7-19(30)14(11-17)10-16-4-3-15(12-26-16)22(23,24)25;1-13-8-19(31-28-6-7-29-31)20(27-11-13)21(32)30-17-4-5-18(30)14(10-17)9-16-3-2-15(12-26-16)22(23,24)25/h2-4,6,8-9,12,14,17-18H,5,7,10-11H2,1H3;2-4,6,8-9,12,14,17,19H,5,7,10-11H2,1H3;2-3,6-8,11-12,14,17-18H,4-5,9-10H2,1H3. The van der Waals surface area contributed by atoms with Gasteiger partial charge in [0.05, 0.1) is 59.4 Å². The van der Waals surface area contributed by atoms with Gasteiger partial charge < -0.3 is 14.7 Å². The van der Waals surface area contributed by atoms with E-state index in [0.717, 1.165) is 112 Å². The largest absolute Gasteiger partial charge is 0.417 e. The van der Waals surface area contributed by atoms with Crippen molar-refractivity contribution in [1.82, 2.24) is 89.6 Å². The van der Waals surface area contributed by atoms with Crippen LogP contribution in [0.25, 0.3) is 17.2 Å². The number of rotatable bonds is 12. The summed E-state index contributed by atoms with van der Waals surface area (Å²) in [6.45, 7) is 5.56. The van der Waals surface area contributed by atoms with Crippen molar-refractivity contribution in [1.29, 1.82) is 0 Å². The average molecular weight is 1330 g/mol. The fourth-order valence-electron chi connectivity index (χ4n) is 14.9. The van der Waals surface area contributed by atoms with E-state index in [1.54, 1.807) is 49.2 Å². The predicted octanol–water partition coefficient (Wildman–Crippen LogP) is 10.9. The Morgan fingerprint density at radius 3 is 1.22 bits per heavy atom. The van der Waals surface area contributed by atoms with Crippen LogP contribution in [0.4, 0.5) is 39.5 Å². The SMILES string of the molecule is Cc1ccc(-n2nccn2)c(C(=O)N2C3CCC2C(Cc2ccc(C(F)(F)F)cn2)C3)n1.Cc1ccc(C(=O)N2C3CCC2C(Cc2ccc(C(F)(F)F)cn2)C3)c(-n2nccn2)n1.Cc1cnc(C(=O)N2C3CCC2C(Cc2ccc(C(F)(F)F)cn2)C3)c(-n2nccn2)c1. The number of nitrogens with zero attached hydrogens (tertiary/aromatic N) is 18. The Balaban J connectivity index is 0.000000130. The van der Waals surface area contributed by atoms with Gasteiger partial charge in [0.2, 0.25) is 0 Å². The Morgan fingerprint density at radius 2 is 0.802 bits per heavy atom. The first kappa shape index (κ1) is 64.8. The number of carbonyl (C=O) groups is 3. The Labute approximate surface area is 543 Å². The maximum atomic E-state index is 13.6. The van der Waals surface area contributed by atoms with Gasteiger partial charge in [-0.1, -0.05) is 0 Å². The van der Waals surface area contributed by atoms with Gasteiger partial charge in [-0.25, -0.2) is 15.0 Å². The molecule has 0 saturated carbocycles. The molecule has 6 saturated heterocycles. The molecule has 9 atom stereocenters. The van der Waals surface area contributed by atoms with E-state index in [1.165, 1.54) is 45.0 Å². The zero-order valence-electron chi connectivity index (χ0n) is 52.0. The number of hydrogen-bond donors (Lipinski definition) is 0. The average Bonchev–Trinajstić information content (AvgIpc) is 1.65. The molecule has 0 spiro atoms. The Hall–Kier alpha value is -9.90. The van der Waals surface area contributed by atoms with Crippen molar-refractivity contribution in [3.63, 3.8) is 0 Å². The van der Waals surface area contributed by atoms with Crippen molar-refractivity contribution >= 4 is 17.7 Å². The van der Waals surface area contributed by atoms with Crippen LogP contribution in [-0.4, -0.2) is 144 Å². The van der Waals surface area contributed by atoms with Gasteiger partial charge >= 0.3 is 18.5 Å². The second kappa shape index (κ2) is 26.0. The normalized spacial score (nSPS) is 22.5.